The third-order valence-electron chi connectivity index (χ3n) is 6.65. The Morgan fingerprint density at radius 3 is 2.38 bits per heavy atom. The quantitative estimate of drug-likeness (QED) is 0.451. The van der Waals surface area contributed by atoms with Crippen LogP contribution in [0, 0.1) is 5.92 Å². The molecule has 0 spiro atoms. The van der Waals surface area contributed by atoms with Crippen LogP contribution in [0.4, 0.5) is 5.69 Å². The number of imidazole rings is 1. The second kappa shape index (κ2) is 8.89. The molecule has 6 heteroatoms. The van der Waals surface area contributed by atoms with Gasteiger partial charge >= 0.3 is 0 Å². The van der Waals surface area contributed by atoms with Crippen LogP contribution in [0.1, 0.15) is 65.1 Å². The highest BCUT2D eigenvalue weighted by molar-refractivity contribution is 7.92. The van der Waals surface area contributed by atoms with Gasteiger partial charge in [-0.2, -0.15) is 0 Å². The van der Waals surface area contributed by atoms with Gasteiger partial charge in [0.2, 0.25) is 0 Å². The smallest absolute Gasteiger partial charge is 0.264 e. The monoisotopic (exact) mass is 453 g/mol. The zero-order chi connectivity index (χ0) is 22.9. The summed E-state index contributed by atoms with van der Waals surface area (Å²) in [6.45, 7) is 7.54. The number of hydrogen-bond acceptors (Lipinski definition) is 3. The van der Waals surface area contributed by atoms with Gasteiger partial charge in [0.05, 0.1) is 21.6 Å². The van der Waals surface area contributed by atoms with Crippen molar-refractivity contribution in [2.45, 2.75) is 76.2 Å². The molecular formula is C26H35N3O2S. The molecule has 0 unspecified atom stereocenters. The molecule has 0 amide bonds. The van der Waals surface area contributed by atoms with Crippen molar-refractivity contribution in [1.82, 2.24) is 9.55 Å². The first-order valence-corrected chi connectivity index (χ1v) is 13.2. The van der Waals surface area contributed by atoms with Crippen LogP contribution < -0.4 is 4.31 Å². The Balaban J connectivity index is 1.68. The van der Waals surface area contributed by atoms with Crippen molar-refractivity contribution in [3.05, 3.63) is 54.4 Å². The first kappa shape index (κ1) is 22.8. The van der Waals surface area contributed by atoms with E-state index in [9.17, 15) is 8.42 Å². The molecular weight excluding hydrogens is 418 g/mol. The van der Waals surface area contributed by atoms with E-state index in [-0.39, 0.29) is 10.3 Å². The Morgan fingerprint density at radius 2 is 1.72 bits per heavy atom. The highest BCUT2D eigenvalue weighted by Crippen LogP contribution is 2.32. The molecule has 1 saturated carbocycles. The van der Waals surface area contributed by atoms with Crippen molar-refractivity contribution >= 4 is 26.7 Å². The zero-order valence-corrected chi connectivity index (χ0v) is 20.5. The van der Waals surface area contributed by atoms with Crippen LogP contribution >= 0.6 is 0 Å². The number of rotatable bonds is 6. The molecule has 1 aliphatic rings. The summed E-state index contributed by atoms with van der Waals surface area (Å²) in [6, 6.07) is 14.4. The first-order valence-electron chi connectivity index (χ1n) is 11.7. The molecule has 1 aromatic heterocycles. The summed E-state index contributed by atoms with van der Waals surface area (Å²) in [4.78, 5) is 5.27. The molecule has 0 N–H and O–H groups in total. The van der Waals surface area contributed by atoms with E-state index in [0.29, 0.717) is 5.69 Å². The zero-order valence-electron chi connectivity index (χ0n) is 19.7. The highest BCUT2D eigenvalue weighted by Gasteiger charge is 2.26. The Hall–Kier alpha value is -2.34. The summed E-state index contributed by atoms with van der Waals surface area (Å²) in [5, 5.41) is 0. The van der Waals surface area contributed by atoms with E-state index >= 15 is 0 Å². The molecule has 0 aliphatic heterocycles. The van der Waals surface area contributed by atoms with Gasteiger partial charge in [-0.05, 0) is 42.7 Å². The Kier molecular flexibility index (Phi) is 6.35. The Bertz CT molecular complexity index is 1170. The maximum atomic E-state index is 13.1. The lowest BCUT2D eigenvalue weighted by Gasteiger charge is -2.24. The standard InChI is InChI=1S/C26H35N3O2S/c1-26(2,3)25-27-23-19-21(28(4)32(30,31)22-13-9-6-10-14-22)15-16-24(23)29(25)18-17-20-11-7-5-8-12-20/h6,9-10,13-16,19-20H,5,7-8,11-12,17-18H2,1-4H3. The molecule has 172 valence electrons. The topological polar surface area (TPSA) is 55.2 Å². The van der Waals surface area contributed by atoms with Gasteiger partial charge in [0.1, 0.15) is 5.82 Å². The maximum Gasteiger partial charge on any atom is 0.264 e. The van der Waals surface area contributed by atoms with E-state index < -0.39 is 10.0 Å². The molecule has 0 saturated heterocycles. The second-order valence-electron chi connectivity index (χ2n) is 10.1. The number of aryl methyl sites for hydroxylation is 1. The predicted octanol–water partition coefficient (Wildman–Crippen LogP) is 6.13. The molecule has 1 fully saturated rings. The average molecular weight is 454 g/mol. The largest absolute Gasteiger partial charge is 0.328 e. The minimum atomic E-state index is -3.62. The molecule has 5 nitrogen and oxygen atoms in total. The van der Waals surface area contributed by atoms with Crippen molar-refractivity contribution in [3.63, 3.8) is 0 Å². The fraction of sp³-hybridized carbons (Fsp3) is 0.500. The van der Waals surface area contributed by atoms with Crippen LogP contribution in [0.25, 0.3) is 11.0 Å². The maximum absolute atomic E-state index is 13.1. The minimum Gasteiger partial charge on any atom is -0.328 e. The van der Waals surface area contributed by atoms with Crippen molar-refractivity contribution in [2.24, 2.45) is 5.92 Å². The van der Waals surface area contributed by atoms with E-state index in [1.807, 2.05) is 24.3 Å². The molecule has 1 aliphatic carbocycles. The summed E-state index contributed by atoms with van der Waals surface area (Å²) < 4.78 is 29.9. The van der Waals surface area contributed by atoms with Crippen molar-refractivity contribution < 1.29 is 8.42 Å². The Morgan fingerprint density at radius 1 is 1.03 bits per heavy atom. The average Bonchev–Trinajstić information content (AvgIpc) is 3.17. The summed E-state index contributed by atoms with van der Waals surface area (Å²) in [7, 11) is -2.01. The lowest BCUT2D eigenvalue weighted by molar-refractivity contribution is 0.321. The van der Waals surface area contributed by atoms with Gasteiger partial charge in [-0.1, -0.05) is 71.1 Å². The van der Waals surface area contributed by atoms with E-state index in [1.165, 1.54) is 42.8 Å². The molecule has 2 aromatic carbocycles. The van der Waals surface area contributed by atoms with Gasteiger partial charge < -0.3 is 4.57 Å². The van der Waals surface area contributed by atoms with Crippen molar-refractivity contribution in [1.29, 1.82) is 0 Å². The lowest BCUT2D eigenvalue weighted by Crippen LogP contribution is -2.26. The third kappa shape index (κ3) is 4.56. The van der Waals surface area contributed by atoms with Gasteiger partial charge in [-0.15, -0.1) is 0 Å². The first-order chi connectivity index (χ1) is 15.2. The summed E-state index contributed by atoms with van der Waals surface area (Å²) in [5.41, 5.74) is 2.47. The van der Waals surface area contributed by atoms with E-state index in [0.717, 1.165) is 29.3 Å². The second-order valence-corrected chi connectivity index (χ2v) is 12.1. The number of sulfonamides is 1. The molecule has 0 atom stereocenters. The molecule has 0 bridgehead atoms. The predicted molar refractivity (Wildman–Crippen MR) is 132 cm³/mol. The third-order valence-corrected chi connectivity index (χ3v) is 8.45. The van der Waals surface area contributed by atoms with Crippen molar-refractivity contribution in [3.8, 4) is 0 Å². The highest BCUT2D eigenvalue weighted by atomic mass is 32.2. The van der Waals surface area contributed by atoms with Gasteiger partial charge in [-0.25, -0.2) is 13.4 Å². The van der Waals surface area contributed by atoms with Crippen LogP contribution in [0.15, 0.2) is 53.4 Å². The summed E-state index contributed by atoms with van der Waals surface area (Å²) in [6.07, 6.45) is 7.94. The Labute approximate surface area is 192 Å². The SMILES string of the molecule is CN(c1ccc2c(c1)nc(C(C)(C)C)n2CCC1CCCCC1)S(=O)(=O)c1ccccc1. The number of nitrogens with zero attached hydrogens (tertiary/aromatic N) is 3. The van der Waals surface area contributed by atoms with Crippen LogP contribution in [-0.2, 0) is 22.0 Å². The molecule has 3 aromatic rings. The van der Waals surface area contributed by atoms with E-state index in [1.54, 1.807) is 31.3 Å². The fourth-order valence-electron chi connectivity index (χ4n) is 4.79. The normalized spacial score (nSPS) is 15.9. The van der Waals surface area contributed by atoms with Crippen LogP contribution in [-0.4, -0.2) is 25.0 Å². The van der Waals surface area contributed by atoms with E-state index in [4.69, 9.17) is 4.98 Å². The van der Waals surface area contributed by atoms with Gasteiger partial charge in [-0.3, -0.25) is 4.31 Å². The molecule has 0 radical (unpaired) electrons. The number of anilines is 1. The van der Waals surface area contributed by atoms with Crippen LogP contribution in [0.5, 0.6) is 0 Å². The van der Waals surface area contributed by atoms with E-state index in [2.05, 4.69) is 25.3 Å². The lowest BCUT2D eigenvalue weighted by atomic mass is 9.87. The summed E-state index contributed by atoms with van der Waals surface area (Å²) in [5.74, 6) is 1.87. The van der Waals surface area contributed by atoms with Crippen molar-refractivity contribution in [2.75, 3.05) is 11.4 Å². The number of aromatic nitrogens is 2. The fourth-order valence-corrected chi connectivity index (χ4v) is 6.00. The molecule has 32 heavy (non-hydrogen) atoms. The van der Waals surface area contributed by atoms with Crippen LogP contribution in [0.3, 0.4) is 0 Å². The van der Waals surface area contributed by atoms with Gasteiger partial charge in [0, 0.05) is 19.0 Å². The van der Waals surface area contributed by atoms with Gasteiger partial charge in [0.15, 0.2) is 0 Å². The number of hydrogen-bond donors (Lipinski definition) is 0. The number of fused-ring (bicyclic) bond motifs is 1. The molecule has 1 heterocycles. The minimum absolute atomic E-state index is 0.0895. The summed E-state index contributed by atoms with van der Waals surface area (Å²) >= 11 is 0. The number of benzene rings is 2. The van der Waals surface area contributed by atoms with Gasteiger partial charge in [0.25, 0.3) is 10.0 Å². The van der Waals surface area contributed by atoms with Crippen LogP contribution in [0.2, 0.25) is 0 Å². The molecule has 4 rings (SSSR count).